The first kappa shape index (κ1) is 20.3. The van der Waals surface area contributed by atoms with E-state index in [2.05, 4.69) is 22.6 Å². The van der Waals surface area contributed by atoms with E-state index in [1.54, 1.807) is 4.90 Å². The predicted molar refractivity (Wildman–Crippen MR) is 105 cm³/mol. The van der Waals surface area contributed by atoms with Gasteiger partial charge in [-0.25, -0.2) is 9.18 Å². The average Bonchev–Trinajstić information content (AvgIpc) is 3.26. The van der Waals surface area contributed by atoms with Crippen LogP contribution in [0.25, 0.3) is 0 Å². The highest BCUT2D eigenvalue weighted by molar-refractivity contribution is 14.1. The van der Waals surface area contributed by atoms with Gasteiger partial charge in [-0.15, -0.1) is 0 Å². The van der Waals surface area contributed by atoms with E-state index >= 15 is 0 Å². The zero-order valence-electron chi connectivity index (χ0n) is 15.1. The zero-order valence-corrected chi connectivity index (χ0v) is 17.3. The van der Waals surface area contributed by atoms with Gasteiger partial charge in [0.05, 0.1) is 0 Å². The van der Waals surface area contributed by atoms with Crippen molar-refractivity contribution in [2.75, 3.05) is 17.5 Å². The highest BCUT2D eigenvalue weighted by Crippen LogP contribution is 2.50. The van der Waals surface area contributed by atoms with Crippen LogP contribution in [-0.2, 0) is 4.74 Å². The SMILES string of the molecule is CC(C)(C)OC(=O)N(CCCCI)CC1CC1c1cc(F)ccc1O. The van der Waals surface area contributed by atoms with Gasteiger partial charge in [-0.05, 0) is 74.5 Å². The van der Waals surface area contributed by atoms with E-state index in [9.17, 15) is 14.3 Å². The minimum absolute atomic E-state index is 0.102. The van der Waals surface area contributed by atoms with E-state index in [0.29, 0.717) is 18.7 Å². The molecular weight excluding hydrogens is 436 g/mol. The minimum Gasteiger partial charge on any atom is -0.508 e. The summed E-state index contributed by atoms with van der Waals surface area (Å²) >= 11 is 2.33. The van der Waals surface area contributed by atoms with Gasteiger partial charge in [0.25, 0.3) is 0 Å². The number of ether oxygens (including phenoxy) is 1. The Bertz CT molecular complexity index is 603. The van der Waals surface area contributed by atoms with E-state index < -0.39 is 5.60 Å². The summed E-state index contributed by atoms with van der Waals surface area (Å²) in [5, 5.41) is 9.96. The van der Waals surface area contributed by atoms with Crippen LogP contribution in [0.4, 0.5) is 9.18 Å². The van der Waals surface area contributed by atoms with Crippen LogP contribution in [0.5, 0.6) is 5.75 Å². The Kier molecular flexibility index (Phi) is 6.93. The summed E-state index contributed by atoms with van der Waals surface area (Å²) < 4.78 is 20.0. The van der Waals surface area contributed by atoms with Crippen LogP contribution >= 0.6 is 22.6 Å². The van der Waals surface area contributed by atoms with E-state index in [4.69, 9.17) is 4.74 Å². The summed E-state index contributed by atoms with van der Waals surface area (Å²) in [5.74, 6) is 0.122. The molecule has 0 bridgehead atoms. The molecular formula is C19H27FINO3. The molecule has 0 heterocycles. The molecule has 1 aliphatic carbocycles. The molecule has 140 valence electrons. The number of halogens is 2. The molecule has 2 atom stereocenters. The minimum atomic E-state index is -0.525. The second-order valence-electron chi connectivity index (χ2n) is 7.63. The third kappa shape index (κ3) is 6.31. The number of hydrogen-bond donors (Lipinski definition) is 1. The van der Waals surface area contributed by atoms with Gasteiger partial charge in [-0.3, -0.25) is 0 Å². The van der Waals surface area contributed by atoms with Gasteiger partial charge < -0.3 is 14.7 Å². The Labute approximate surface area is 162 Å². The number of phenolic OH excluding ortho intramolecular Hbond substituents is 1. The fourth-order valence-corrected chi connectivity index (χ4v) is 3.46. The van der Waals surface area contributed by atoms with E-state index in [1.165, 1.54) is 18.2 Å². The lowest BCUT2D eigenvalue weighted by atomic mass is 10.1. The third-order valence-electron chi connectivity index (χ3n) is 4.23. The maximum atomic E-state index is 13.4. The molecule has 4 nitrogen and oxygen atoms in total. The van der Waals surface area contributed by atoms with Gasteiger partial charge in [-0.1, -0.05) is 22.6 Å². The van der Waals surface area contributed by atoms with Crippen LogP contribution in [0.1, 0.15) is 51.5 Å². The van der Waals surface area contributed by atoms with Crippen LogP contribution in [0, 0.1) is 11.7 Å². The fraction of sp³-hybridized carbons (Fsp3) is 0.632. The third-order valence-corrected chi connectivity index (χ3v) is 4.99. The standard InChI is InChI=1S/C19H27FINO3/c1-19(2,3)25-18(24)22(9-5-4-8-21)12-13-10-15(13)16-11-14(20)6-7-17(16)23/h6-7,11,13,15,23H,4-5,8-10,12H2,1-3H3. The number of aromatic hydroxyl groups is 1. The molecule has 0 aliphatic heterocycles. The Morgan fingerprint density at radius 1 is 1.40 bits per heavy atom. The highest BCUT2D eigenvalue weighted by Gasteiger charge is 2.42. The Balaban J connectivity index is 1.99. The number of phenols is 1. The summed E-state index contributed by atoms with van der Waals surface area (Å²) in [7, 11) is 0. The highest BCUT2D eigenvalue weighted by atomic mass is 127. The number of rotatable bonds is 7. The number of carbonyl (C=O) groups excluding carboxylic acids is 1. The van der Waals surface area contributed by atoms with Crippen molar-refractivity contribution in [1.29, 1.82) is 0 Å². The summed E-state index contributed by atoms with van der Waals surface area (Å²) in [4.78, 5) is 14.2. The number of carbonyl (C=O) groups is 1. The maximum Gasteiger partial charge on any atom is 0.410 e. The number of amides is 1. The van der Waals surface area contributed by atoms with Crippen molar-refractivity contribution in [2.45, 2.75) is 51.6 Å². The van der Waals surface area contributed by atoms with Crippen LogP contribution < -0.4 is 0 Å². The van der Waals surface area contributed by atoms with Crippen LogP contribution in [0.2, 0.25) is 0 Å². The Morgan fingerprint density at radius 2 is 2.12 bits per heavy atom. The predicted octanol–water partition coefficient (Wildman–Crippen LogP) is 5.09. The molecule has 0 spiro atoms. The lowest BCUT2D eigenvalue weighted by molar-refractivity contribution is 0.0237. The summed E-state index contributed by atoms with van der Waals surface area (Å²) in [5.41, 5.74) is 0.115. The van der Waals surface area contributed by atoms with Crippen molar-refractivity contribution < 1.29 is 19.0 Å². The van der Waals surface area contributed by atoms with E-state index in [1.807, 2.05) is 20.8 Å². The quantitative estimate of drug-likeness (QED) is 0.348. The lowest BCUT2D eigenvalue weighted by Gasteiger charge is -2.27. The molecule has 1 aromatic carbocycles. The molecule has 1 saturated carbocycles. The van der Waals surface area contributed by atoms with Gasteiger partial charge in [0.15, 0.2) is 0 Å². The summed E-state index contributed by atoms with van der Waals surface area (Å²) in [6.07, 6.45) is 2.54. The van der Waals surface area contributed by atoms with E-state index in [-0.39, 0.29) is 29.5 Å². The van der Waals surface area contributed by atoms with Gasteiger partial charge in [-0.2, -0.15) is 0 Å². The van der Waals surface area contributed by atoms with Crippen molar-refractivity contribution in [3.05, 3.63) is 29.6 Å². The maximum absolute atomic E-state index is 13.4. The Morgan fingerprint density at radius 3 is 2.76 bits per heavy atom. The molecule has 1 aromatic rings. The van der Waals surface area contributed by atoms with Crippen molar-refractivity contribution in [1.82, 2.24) is 4.90 Å². The van der Waals surface area contributed by atoms with Gasteiger partial charge in [0.2, 0.25) is 0 Å². The van der Waals surface area contributed by atoms with Crippen LogP contribution in [0.15, 0.2) is 18.2 Å². The second-order valence-corrected chi connectivity index (χ2v) is 8.71. The molecule has 25 heavy (non-hydrogen) atoms. The first-order chi connectivity index (χ1) is 11.7. The molecule has 1 amide bonds. The molecule has 1 aliphatic rings. The van der Waals surface area contributed by atoms with Crippen molar-refractivity contribution in [3.8, 4) is 5.75 Å². The molecule has 2 rings (SSSR count). The molecule has 2 unspecified atom stereocenters. The summed E-state index contributed by atoms with van der Waals surface area (Å²) in [6, 6.07) is 4.05. The number of hydrogen-bond acceptors (Lipinski definition) is 3. The molecule has 6 heteroatoms. The monoisotopic (exact) mass is 463 g/mol. The zero-order chi connectivity index (χ0) is 18.6. The Hall–Kier alpha value is -1.05. The van der Waals surface area contributed by atoms with Crippen LogP contribution in [-0.4, -0.2) is 39.2 Å². The van der Waals surface area contributed by atoms with Gasteiger partial charge in [0, 0.05) is 18.7 Å². The smallest absolute Gasteiger partial charge is 0.410 e. The largest absolute Gasteiger partial charge is 0.508 e. The number of alkyl halides is 1. The lowest BCUT2D eigenvalue weighted by Crippen LogP contribution is -2.38. The van der Waals surface area contributed by atoms with Crippen molar-refractivity contribution in [2.24, 2.45) is 5.92 Å². The second kappa shape index (κ2) is 8.56. The molecule has 1 N–H and O–H groups in total. The normalized spacial score (nSPS) is 19.6. The van der Waals surface area contributed by atoms with Crippen LogP contribution in [0.3, 0.4) is 0 Å². The topological polar surface area (TPSA) is 49.8 Å². The first-order valence-corrected chi connectivity index (χ1v) is 10.3. The van der Waals surface area contributed by atoms with Gasteiger partial charge in [0.1, 0.15) is 17.2 Å². The summed E-state index contributed by atoms with van der Waals surface area (Å²) in [6.45, 7) is 6.82. The van der Waals surface area contributed by atoms with E-state index in [0.717, 1.165) is 23.7 Å². The molecule has 0 saturated heterocycles. The first-order valence-electron chi connectivity index (χ1n) is 8.73. The average molecular weight is 463 g/mol. The number of nitrogens with zero attached hydrogens (tertiary/aromatic N) is 1. The number of benzene rings is 1. The fourth-order valence-electron chi connectivity index (χ4n) is 2.92. The molecule has 0 aromatic heterocycles. The molecule has 1 fully saturated rings. The molecule has 0 radical (unpaired) electrons. The van der Waals surface area contributed by atoms with Gasteiger partial charge >= 0.3 is 6.09 Å². The number of unbranched alkanes of at least 4 members (excludes halogenated alkanes) is 1. The van der Waals surface area contributed by atoms with Crippen molar-refractivity contribution >= 4 is 28.7 Å². The van der Waals surface area contributed by atoms with Crippen molar-refractivity contribution in [3.63, 3.8) is 0 Å².